The largest absolute Gasteiger partial charge is 0.497 e. The Bertz CT molecular complexity index is 913. The van der Waals surface area contributed by atoms with Crippen LogP contribution in [0.1, 0.15) is 27.9 Å². The number of allylic oxidation sites excluding steroid dienone is 1. The Morgan fingerprint density at radius 2 is 2.00 bits per heavy atom. The van der Waals surface area contributed by atoms with Crippen molar-refractivity contribution in [2.45, 2.75) is 19.1 Å². The lowest BCUT2D eigenvalue weighted by molar-refractivity contribution is -0.0700. The Hall–Kier alpha value is -2.79. The van der Waals surface area contributed by atoms with Crippen molar-refractivity contribution in [1.82, 2.24) is 0 Å². The minimum absolute atomic E-state index is 0.0941. The molecule has 132 valence electrons. The molecule has 5 rings (SSSR count). The summed E-state index contributed by atoms with van der Waals surface area (Å²) in [6.07, 6.45) is 3.37. The Morgan fingerprint density at radius 1 is 1.15 bits per heavy atom. The second kappa shape index (κ2) is 5.88. The highest BCUT2D eigenvalue weighted by Gasteiger charge is 2.39. The second-order valence-corrected chi connectivity index (χ2v) is 6.74. The molecule has 3 heterocycles. The van der Waals surface area contributed by atoms with E-state index in [1.165, 1.54) is 0 Å². The first-order valence-electron chi connectivity index (χ1n) is 8.75. The number of carbonyl (C=O) groups is 1. The standard InChI is InChI=1S/C21H18O5/c1-23-14-4-2-12(3-5-14)10-18-19(22)15-6-7-17-16(20(15)25-18)11-13-8-9-24-21(13)26-17/h2-7,10,13,21H,8-9,11H2,1H3/b18-10-. The summed E-state index contributed by atoms with van der Waals surface area (Å²) in [6, 6.07) is 11.1. The molecule has 0 radical (unpaired) electrons. The minimum atomic E-state index is -0.174. The van der Waals surface area contributed by atoms with Gasteiger partial charge < -0.3 is 18.9 Å². The number of rotatable bonds is 2. The fourth-order valence-electron chi connectivity index (χ4n) is 3.77. The zero-order valence-corrected chi connectivity index (χ0v) is 14.4. The fraction of sp³-hybridized carbons (Fsp3) is 0.286. The maximum absolute atomic E-state index is 12.8. The van der Waals surface area contributed by atoms with E-state index in [0.29, 0.717) is 29.6 Å². The lowest BCUT2D eigenvalue weighted by atomic mass is 9.92. The summed E-state index contributed by atoms with van der Waals surface area (Å²) in [7, 11) is 1.62. The molecule has 5 heteroatoms. The molecule has 0 amide bonds. The van der Waals surface area contributed by atoms with Crippen LogP contribution >= 0.6 is 0 Å². The first-order valence-corrected chi connectivity index (χ1v) is 8.75. The van der Waals surface area contributed by atoms with Crippen LogP contribution in [-0.4, -0.2) is 25.8 Å². The third kappa shape index (κ3) is 2.39. The summed E-state index contributed by atoms with van der Waals surface area (Å²) in [4.78, 5) is 12.8. The van der Waals surface area contributed by atoms with Gasteiger partial charge in [-0.25, -0.2) is 0 Å². The van der Waals surface area contributed by atoms with E-state index in [9.17, 15) is 4.79 Å². The average molecular weight is 350 g/mol. The maximum atomic E-state index is 12.8. The van der Waals surface area contributed by atoms with Crippen LogP contribution in [0.25, 0.3) is 6.08 Å². The normalized spacial score (nSPS) is 24.5. The van der Waals surface area contributed by atoms with E-state index in [1.54, 1.807) is 19.3 Å². The smallest absolute Gasteiger partial charge is 0.231 e. The molecule has 0 bridgehead atoms. The van der Waals surface area contributed by atoms with E-state index in [-0.39, 0.29) is 12.1 Å². The fourth-order valence-corrected chi connectivity index (χ4v) is 3.77. The zero-order valence-electron chi connectivity index (χ0n) is 14.4. The Labute approximate surface area is 151 Å². The Balaban J connectivity index is 1.49. The SMILES string of the molecule is COc1ccc(/C=C2\Oc3c(ccc4c3CC3CCOC3O4)C2=O)cc1. The number of benzene rings is 2. The van der Waals surface area contributed by atoms with E-state index >= 15 is 0 Å². The highest BCUT2D eigenvalue weighted by molar-refractivity contribution is 6.15. The summed E-state index contributed by atoms with van der Waals surface area (Å²) in [6.45, 7) is 0.716. The summed E-state index contributed by atoms with van der Waals surface area (Å²) < 4.78 is 22.7. The van der Waals surface area contributed by atoms with Crippen molar-refractivity contribution in [3.05, 3.63) is 58.8 Å². The molecule has 1 saturated heterocycles. The van der Waals surface area contributed by atoms with Gasteiger partial charge in [-0.2, -0.15) is 0 Å². The summed E-state index contributed by atoms with van der Waals surface area (Å²) >= 11 is 0. The molecule has 0 saturated carbocycles. The molecule has 0 aliphatic carbocycles. The quantitative estimate of drug-likeness (QED) is 0.775. The molecule has 2 aromatic carbocycles. The molecule has 5 nitrogen and oxygen atoms in total. The van der Waals surface area contributed by atoms with Crippen molar-refractivity contribution in [3.63, 3.8) is 0 Å². The molecule has 0 spiro atoms. The van der Waals surface area contributed by atoms with Crippen molar-refractivity contribution in [2.24, 2.45) is 5.92 Å². The molecular weight excluding hydrogens is 332 g/mol. The molecule has 1 fully saturated rings. The third-order valence-electron chi connectivity index (χ3n) is 5.18. The highest BCUT2D eigenvalue weighted by atomic mass is 16.7. The van der Waals surface area contributed by atoms with Crippen LogP contribution in [0, 0.1) is 5.92 Å². The van der Waals surface area contributed by atoms with Crippen LogP contribution in [-0.2, 0) is 11.2 Å². The van der Waals surface area contributed by atoms with Gasteiger partial charge in [-0.3, -0.25) is 4.79 Å². The Kier molecular flexibility index (Phi) is 3.50. The van der Waals surface area contributed by atoms with Crippen LogP contribution in [0.4, 0.5) is 0 Å². The first-order chi connectivity index (χ1) is 12.7. The Morgan fingerprint density at radius 3 is 2.81 bits per heavy atom. The number of ketones is 1. The van der Waals surface area contributed by atoms with Gasteiger partial charge in [-0.05, 0) is 48.7 Å². The van der Waals surface area contributed by atoms with Gasteiger partial charge in [-0.15, -0.1) is 0 Å². The van der Waals surface area contributed by atoms with E-state index in [0.717, 1.165) is 35.5 Å². The van der Waals surface area contributed by atoms with E-state index in [1.807, 2.05) is 30.3 Å². The zero-order chi connectivity index (χ0) is 17.7. The molecule has 0 N–H and O–H groups in total. The number of ether oxygens (including phenoxy) is 4. The molecule has 3 aliphatic heterocycles. The second-order valence-electron chi connectivity index (χ2n) is 6.74. The van der Waals surface area contributed by atoms with Crippen molar-refractivity contribution < 1.29 is 23.7 Å². The van der Waals surface area contributed by atoms with Gasteiger partial charge in [0.2, 0.25) is 12.1 Å². The van der Waals surface area contributed by atoms with Crippen LogP contribution in [0.2, 0.25) is 0 Å². The lowest BCUT2D eigenvalue weighted by Crippen LogP contribution is -2.29. The van der Waals surface area contributed by atoms with Crippen molar-refractivity contribution in [1.29, 1.82) is 0 Å². The number of fused-ring (bicyclic) bond motifs is 4. The van der Waals surface area contributed by atoms with Gasteiger partial charge in [-0.1, -0.05) is 12.1 Å². The van der Waals surface area contributed by atoms with Gasteiger partial charge in [0.1, 0.15) is 17.2 Å². The number of hydrogen-bond acceptors (Lipinski definition) is 5. The number of carbonyl (C=O) groups excluding carboxylic acids is 1. The predicted octanol–water partition coefficient (Wildman–Crippen LogP) is 3.61. The van der Waals surface area contributed by atoms with Gasteiger partial charge in [0, 0.05) is 11.5 Å². The van der Waals surface area contributed by atoms with Gasteiger partial charge in [0.25, 0.3) is 0 Å². The average Bonchev–Trinajstić information content (AvgIpc) is 3.25. The van der Waals surface area contributed by atoms with Crippen LogP contribution in [0.15, 0.2) is 42.2 Å². The van der Waals surface area contributed by atoms with Crippen LogP contribution in [0.5, 0.6) is 17.2 Å². The van der Waals surface area contributed by atoms with Gasteiger partial charge >= 0.3 is 0 Å². The summed E-state index contributed by atoms with van der Waals surface area (Å²) in [5.41, 5.74) is 2.46. The molecule has 2 atom stereocenters. The molecular formula is C21H18O5. The van der Waals surface area contributed by atoms with Gasteiger partial charge in [0.05, 0.1) is 19.3 Å². The molecule has 26 heavy (non-hydrogen) atoms. The van der Waals surface area contributed by atoms with Crippen molar-refractivity contribution in [3.8, 4) is 17.2 Å². The minimum Gasteiger partial charge on any atom is -0.497 e. The van der Waals surface area contributed by atoms with E-state index in [4.69, 9.17) is 18.9 Å². The van der Waals surface area contributed by atoms with Crippen molar-refractivity contribution >= 4 is 11.9 Å². The lowest BCUT2D eigenvalue weighted by Gasteiger charge is -2.28. The van der Waals surface area contributed by atoms with E-state index < -0.39 is 0 Å². The summed E-state index contributed by atoms with van der Waals surface area (Å²) in [5, 5.41) is 0. The topological polar surface area (TPSA) is 54.0 Å². The predicted molar refractivity (Wildman–Crippen MR) is 94.6 cm³/mol. The molecule has 2 aromatic rings. The highest BCUT2D eigenvalue weighted by Crippen LogP contribution is 2.45. The third-order valence-corrected chi connectivity index (χ3v) is 5.18. The van der Waals surface area contributed by atoms with E-state index in [2.05, 4.69) is 0 Å². The maximum Gasteiger partial charge on any atom is 0.231 e. The monoisotopic (exact) mass is 350 g/mol. The number of Topliss-reactive ketones (excluding diaryl/α,β-unsaturated/α-hetero) is 1. The molecule has 3 aliphatic rings. The molecule has 2 unspecified atom stereocenters. The number of methoxy groups -OCH3 is 1. The van der Waals surface area contributed by atoms with Crippen LogP contribution in [0.3, 0.4) is 0 Å². The number of hydrogen-bond donors (Lipinski definition) is 0. The van der Waals surface area contributed by atoms with Crippen molar-refractivity contribution in [2.75, 3.05) is 13.7 Å². The van der Waals surface area contributed by atoms with Gasteiger partial charge in [0.15, 0.2) is 5.76 Å². The molecule has 0 aromatic heterocycles. The van der Waals surface area contributed by atoms with Crippen LogP contribution < -0.4 is 14.2 Å². The first kappa shape index (κ1) is 15.5. The summed E-state index contributed by atoms with van der Waals surface area (Å²) in [5.74, 6) is 2.73.